The van der Waals surface area contributed by atoms with Gasteiger partial charge >= 0.3 is 0 Å². The molecule has 88 valence electrons. The maximum atomic E-state index is 4.30. The molecule has 1 fully saturated rings. The smallest absolute Gasteiger partial charge is 0.0623 e. The predicted molar refractivity (Wildman–Crippen MR) is 75.0 cm³/mol. The Kier molecular flexibility index (Phi) is 7.95. The van der Waals surface area contributed by atoms with Crippen molar-refractivity contribution in [2.75, 3.05) is 13.1 Å². The van der Waals surface area contributed by atoms with E-state index < -0.39 is 0 Å². The third kappa shape index (κ3) is 4.89. The number of halogens is 3. The summed E-state index contributed by atoms with van der Waals surface area (Å²) in [5, 5.41) is 7.67. The number of nitrogens with one attached hydrogen (secondary N) is 1. The summed E-state index contributed by atoms with van der Waals surface area (Å²) in [5.74, 6) is 0.817. The molecule has 0 amide bonds. The van der Waals surface area contributed by atoms with Crippen LogP contribution in [0.4, 0.5) is 0 Å². The zero-order valence-corrected chi connectivity index (χ0v) is 12.1. The summed E-state index contributed by atoms with van der Waals surface area (Å²) in [6.45, 7) is 3.43. The molecule has 0 radical (unpaired) electrons. The molecule has 0 unspecified atom stereocenters. The van der Waals surface area contributed by atoms with Gasteiger partial charge in [-0.2, -0.15) is 5.10 Å². The van der Waals surface area contributed by atoms with Crippen LogP contribution in [0.1, 0.15) is 12.8 Å². The van der Waals surface area contributed by atoms with E-state index in [0.717, 1.165) is 12.5 Å². The van der Waals surface area contributed by atoms with Gasteiger partial charge in [-0.3, -0.25) is 4.68 Å². The van der Waals surface area contributed by atoms with Gasteiger partial charge in [0.25, 0.3) is 0 Å². The third-order valence-electron chi connectivity index (χ3n) is 2.51. The van der Waals surface area contributed by atoms with Gasteiger partial charge in [-0.25, -0.2) is 0 Å². The standard InChI is InChI=1S/C9H14IN3.2ClH/c10-9-5-12-13(7-9)6-8-1-3-11-4-2-8;;/h5,7-8,11H,1-4,6H2;2*1H. The molecule has 0 saturated carbocycles. The first-order valence-electron chi connectivity index (χ1n) is 4.73. The average Bonchev–Trinajstić information content (AvgIpc) is 2.53. The van der Waals surface area contributed by atoms with E-state index in [9.17, 15) is 0 Å². The van der Waals surface area contributed by atoms with Crippen LogP contribution >= 0.6 is 47.4 Å². The summed E-state index contributed by atoms with van der Waals surface area (Å²) in [6, 6.07) is 0. The Bertz CT molecular complexity index is 274. The highest BCUT2D eigenvalue weighted by Gasteiger charge is 2.13. The highest BCUT2D eigenvalue weighted by Crippen LogP contribution is 2.14. The fourth-order valence-corrected chi connectivity index (χ4v) is 2.21. The molecule has 1 aliphatic heterocycles. The van der Waals surface area contributed by atoms with Crippen molar-refractivity contribution in [1.82, 2.24) is 15.1 Å². The first-order valence-corrected chi connectivity index (χ1v) is 5.81. The zero-order valence-electron chi connectivity index (χ0n) is 8.36. The second-order valence-electron chi connectivity index (χ2n) is 3.57. The van der Waals surface area contributed by atoms with E-state index in [-0.39, 0.29) is 24.8 Å². The van der Waals surface area contributed by atoms with Crippen LogP contribution < -0.4 is 5.32 Å². The molecule has 3 nitrogen and oxygen atoms in total. The molecule has 0 spiro atoms. The summed E-state index contributed by atoms with van der Waals surface area (Å²) < 4.78 is 3.30. The molecule has 1 aromatic heterocycles. The Morgan fingerprint density at radius 2 is 2.07 bits per heavy atom. The maximum absolute atomic E-state index is 4.30. The number of piperidine rings is 1. The van der Waals surface area contributed by atoms with Gasteiger partial charge in [0.15, 0.2) is 0 Å². The summed E-state index contributed by atoms with van der Waals surface area (Å²) >= 11 is 2.30. The Morgan fingerprint density at radius 3 is 2.60 bits per heavy atom. The fraction of sp³-hybridized carbons (Fsp3) is 0.667. The number of hydrogen-bond donors (Lipinski definition) is 1. The quantitative estimate of drug-likeness (QED) is 0.817. The van der Waals surface area contributed by atoms with Gasteiger partial charge in [0.05, 0.1) is 9.77 Å². The molecule has 0 atom stereocenters. The van der Waals surface area contributed by atoms with Crippen molar-refractivity contribution in [2.24, 2.45) is 5.92 Å². The number of aromatic nitrogens is 2. The lowest BCUT2D eigenvalue weighted by molar-refractivity contribution is 0.321. The Hall–Kier alpha value is 0.480. The SMILES string of the molecule is Cl.Cl.Ic1cnn(CC2CCNCC2)c1. The van der Waals surface area contributed by atoms with Crippen molar-refractivity contribution in [1.29, 1.82) is 0 Å². The number of nitrogens with zero attached hydrogens (tertiary/aromatic N) is 2. The first-order chi connectivity index (χ1) is 6.34. The Labute approximate surface area is 116 Å². The lowest BCUT2D eigenvalue weighted by Gasteiger charge is -2.22. The van der Waals surface area contributed by atoms with Crippen molar-refractivity contribution in [3.8, 4) is 0 Å². The minimum Gasteiger partial charge on any atom is -0.317 e. The Morgan fingerprint density at radius 1 is 1.40 bits per heavy atom. The molecule has 0 aromatic carbocycles. The van der Waals surface area contributed by atoms with Crippen molar-refractivity contribution in [2.45, 2.75) is 19.4 Å². The molecular formula is C9H16Cl2IN3. The predicted octanol–water partition coefficient (Wildman–Crippen LogP) is 2.33. The minimum absolute atomic E-state index is 0. The highest BCUT2D eigenvalue weighted by atomic mass is 127. The van der Waals surface area contributed by atoms with Gasteiger partial charge in [0.2, 0.25) is 0 Å². The van der Waals surface area contributed by atoms with Crippen molar-refractivity contribution in [3.63, 3.8) is 0 Å². The number of hydrogen-bond acceptors (Lipinski definition) is 2. The van der Waals surface area contributed by atoms with Gasteiger partial charge in [-0.1, -0.05) is 0 Å². The fourth-order valence-electron chi connectivity index (χ4n) is 1.77. The van der Waals surface area contributed by atoms with Gasteiger partial charge in [-0.15, -0.1) is 24.8 Å². The van der Waals surface area contributed by atoms with Crippen LogP contribution in [0.25, 0.3) is 0 Å². The molecule has 0 aliphatic carbocycles. The van der Waals surface area contributed by atoms with Gasteiger partial charge < -0.3 is 5.32 Å². The number of rotatable bonds is 2. The van der Waals surface area contributed by atoms with Crippen LogP contribution in [0.3, 0.4) is 0 Å². The van der Waals surface area contributed by atoms with Crippen molar-refractivity contribution < 1.29 is 0 Å². The molecule has 1 aromatic rings. The van der Waals surface area contributed by atoms with Crippen LogP contribution in [0, 0.1) is 9.49 Å². The van der Waals surface area contributed by atoms with E-state index in [2.05, 4.69) is 43.9 Å². The van der Waals surface area contributed by atoms with E-state index in [0.29, 0.717) is 0 Å². The molecular weight excluding hydrogens is 348 g/mol. The third-order valence-corrected chi connectivity index (χ3v) is 3.06. The molecule has 2 rings (SSSR count). The summed E-state index contributed by atoms with van der Waals surface area (Å²) in [4.78, 5) is 0. The molecule has 15 heavy (non-hydrogen) atoms. The lowest BCUT2D eigenvalue weighted by Crippen LogP contribution is -2.29. The van der Waals surface area contributed by atoms with Gasteiger partial charge in [-0.05, 0) is 54.4 Å². The summed E-state index contributed by atoms with van der Waals surface area (Å²) in [5.41, 5.74) is 0. The van der Waals surface area contributed by atoms with Crippen LogP contribution in [0.5, 0.6) is 0 Å². The van der Waals surface area contributed by atoms with E-state index in [1.807, 2.05) is 6.20 Å². The van der Waals surface area contributed by atoms with Crippen molar-refractivity contribution >= 4 is 47.4 Å². The molecule has 1 aliphatic rings. The zero-order chi connectivity index (χ0) is 9.10. The largest absolute Gasteiger partial charge is 0.317 e. The summed E-state index contributed by atoms with van der Waals surface area (Å²) in [6.07, 6.45) is 6.61. The first kappa shape index (κ1) is 15.5. The highest BCUT2D eigenvalue weighted by molar-refractivity contribution is 14.1. The topological polar surface area (TPSA) is 29.9 Å². The minimum atomic E-state index is 0. The summed E-state index contributed by atoms with van der Waals surface area (Å²) in [7, 11) is 0. The van der Waals surface area contributed by atoms with Gasteiger partial charge in [0, 0.05) is 12.7 Å². The second-order valence-corrected chi connectivity index (χ2v) is 4.82. The average molecular weight is 364 g/mol. The van der Waals surface area contributed by atoms with Crippen LogP contribution in [-0.4, -0.2) is 22.9 Å². The van der Waals surface area contributed by atoms with E-state index in [1.165, 1.54) is 29.5 Å². The maximum Gasteiger partial charge on any atom is 0.0623 e. The van der Waals surface area contributed by atoms with Crippen molar-refractivity contribution in [3.05, 3.63) is 16.0 Å². The molecule has 2 heterocycles. The lowest BCUT2D eigenvalue weighted by atomic mass is 9.98. The Balaban J connectivity index is 0.000000980. The van der Waals surface area contributed by atoms with Crippen LogP contribution in [0.15, 0.2) is 12.4 Å². The van der Waals surface area contributed by atoms with E-state index >= 15 is 0 Å². The molecule has 0 bridgehead atoms. The monoisotopic (exact) mass is 363 g/mol. The van der Waals surface area contributed by atoms with E-state index in [4.69, 9.17) is 0 Å². The normalized spacial score (nSPS) is 16.6. The molecule has 6 heteroatoms. The van der Waals surface area contributed by atoms with Crippen LogP contribution in [-0.2, 0) is 6.54 Å². The molecule has 1 N–H and O–H groups in total. The van der Waals surface area contributed by atoms with Crippen LogP contribution in [0.2, 0.25) is 0 Å². The van der Waals surface area contributed by atoms with Gasteiger partial charge in [0.1, 0.15) is 0 Å². The van der Waals surface area contributed by atoms with E-state index in [1.54, 1.807) is 0 Å². The molecule has 1 saturated heterocycles. The second kappa shape index (κ2) is 7.70.